The average molecular weight is 378 g/mol. The van der Waals surface area contributed by atoms with Gasteiger partial charge in [0.2, 0.25) is 11.8 Å². The molecule has 1 saturated heterocycles. The predicted octanol–water partition coefficient (Wildman–Crippen LogP) is 2.18. The van der Waals surface area contributed by atoms with Crippen LogP contribution >= 0.6 is 0 Å². The van der Waals surface area contributed by atoms with Gasteiger partial charge >= 0.3 is 5.97 Å². The maximum Gasteiger partial charge on any atom is 0.308 e. The van der Waals surface area contributed by atoms with Gasteiger partial charge in [0.15, 0.2) is 0 Å². The molecule has 1 N–H and O–H groups in total. The van der Waals surface area contributed by atoms with E-state index >= 15 is 0 Å². The first-order chi connectivity index (χ1) is 12.8. The lowest BCUT2D eigenvalue weighted by molar-refractivity contribution is -0.147. The monoisotopic (exact) mass is 378 g/mol. The molecule has 1 aromatic rings. The second-order valence-corrected chi connectivity index (χ2v) is 7.28. The number of hydrogen-bond acceptors (Lipinski definition) is 3. The van der Waals surface area contributed by atoms with Gasteiger partial charge in [-0.2, -0.15) is 0 Å². The van der Waals surface area contributed by atoms with E-state index in [-0.39, 0.29) is 36.6 Å². The largest absolute Gasteiger partial charge is 0.481 e. The first-order valence-electron chi connectivity index (χ1n) is 9.28. The number of carbonyl (C=O) groups excluding carboxylic acids is 2. The fourth-order valence-corrected chi connectivity index (χ4v) is 3.36. The number of benzene rings is 1. The van der Waals surface area contributed by atoms with Crippen LogP contribution in [0.5, 0.6) is 0 Å². The molecule has 0 aromatic heterocycles. The summed E-state index contributed by atoms with van der Waals surface area (Å²) in [6.45, 7) is 2.46. The van der Waals surface area contributed by atoms with Crippen LogP contribution in [0.4, 0.5) is 4.39 Å². The minimum absolute atomic E-state index is 0.0600. The van der Waals surface area contributed by atoms with Crippen LogP contribution < -0.4 is 0 Å². The Morgan fingerprint density at radius 3 is 2.78 bits per heavy atom. The summed E-state index contributed by atoms with van der Waals surface area (Å²) in [7, 11) is 1.58. The average Bonchev–Trinajstić information content (AvgIpc) is 2.65. The first kappa shape index (κ1) is 20.9. The van der Waals surface area contributed by atoms with Crippen LogP contribution in [0.1, 0.15) is 31.7 Å². The fraction of sp³-hybridized carbons (Fsp3) is 0.550. The molecule has 0 aliphatic carbocycles. The van der Waals surface area contributed by atoms with Crippen molar-refractivity contribution < 1.29 is 23.9 Å². The normalized spacial score (nSPS) is 18.0. The number of carboxylic acids is 1. The lowest BCUT2D eigenvalue weighted by Gasteiger charge is -2.32. The van der Waals surface area contributed by atoms with E-state index in [9.17, 15) is 18.8 Å². The van der Waals surface area contributed by atoms with Crippen LogP contribution in [0, 0.1) is 17.7 Å². The van der Waals surface area contributed by atoms with Gasteiger partial charge in [-0.15, -0.1) is 0 Å². The molecule has 148 valence electrons. The molecule has 0 saturated carbocycles. The number of hydrogen-bond donors (Lipinski definition) is 1. The Labute approximate surface area is 158 Å². The molecule has 6 nitrogen and oxygen atoms in total. The Kier molecular flexibility index (Phi) is 7.33. The Bertz CT molecular complexity index is 694. The van der Waals surface area contributed by atoms with Crippen molar-refractivity contribution in [3.8, 4) is 0 Å². The van der Waals surface area contributed by atoms with Crippen LogP contribution in [0.2, 0.25) is 0 Å². The van der Waals surface area contributed by atoms with Crippen molar-refractivity contribution in [2.75, 3.05) is 26.7 Å². The maximum absolute atomic E-state index is 13.2. The van der Waals surface area contributed by atoms with Gasteiger partial charge in [-0.05, 0) is 43.4 Å². The maximum atomic E-state index is 13.2. The third-order valence-electron chi connectivity index (χ3n) is 5.05. The summed E-state index contributed by atoms with van der Waals surface area (Å²) in [6.07, 6.45) is 2.37. The van der Waals surface area contributed by atoms with Crippen molar-refractivity contribution in [1.29, 1.82) is 0 Å². The van der Waals surface area contributed by atoms with Crippen molar-refractivity contribution >= 4 is 17.8 Å². The van der Waals surface area contributed by atoms with Crippen molar-refractivity contribution in [1.82, 2.24) is 9.80 Å². The summed E-state index contributed by atoms with van der Waals surface area (Å²) >= 11 is 0. The molecule has 0 radical (unpaired) electrons. The molecule has 0 bridgehead atoms. The van der Waals surface area contributed by atoms with Gasteiger partial charge in [0.1, 0.15) is 5.82 Å². The van der Waals surface area contributed by atoms with Crippen molar-refractivity contribution in [2.45, 2.75) is 32.6 Å². The molecule has 1 aliphatic heterocycles. The molecule has 2 atom stereocenters. The van der Waals surface area contributed by atoms with Crippen molar-refractivity contribution in [3.05, 3.63) is 35.6 Å². The topological polar surface area (TPSA) is 77.9 Å². The number of aryl methyl sites for hydroxylation is 1. The SMILES string of the molecule is CC(CCc1cccc(F)c1)C(=O)N(C)CC(=O)N1CCCC(C(=O)O)C1. The van der Waals surface area contributed by atoms with Crippen molar-refractivity contribution in [3.63, 3.8) is 0 Å². The number of likely N-dealkylation sites (tertiary alicyclic amines) is 1. The highest BCUT2D eigenvalue weighted by atomic mass is 19.1. The summed E-state index contributed by atoms with van der Waals surface area (Å²) in [6, 6.07) is 6.31. The number of likely N-dealkylation sites (N-methyl/N-ethyl adjacent to an activating group) is 1. The summed E-state index contributed by atoms with van der Waals surface area (Å²) in [5.74, 6) is -2.38. The number of carbonyl (C=O) groups is 3. The molecular formula is C20H27FN2O4. The van der Waals surface area contributed by atoms with Crippen molar-refractivity contribution in [2.24, 2.45) is 11.8 Å². The molecule has 1 aromatic carbocycles. The van der Waals surface area contributed by atoms with E-state index in [0.717, 1.165) is 5.56 Å². The summed E-state index contributed by atoms with van der Waals surface area (Å²) in [5, 5.41) is 9.12. The molecular weight excluding hydrogens is 351 g/mol. The minimum Gasteiger partial charge on any atom is -0.481 e. The van der Waals surface area contributed by atoms with Gasteiger partial charge in [0.25, 0.3) is 0 Å². The number of amides is 2. The fourth-order valence-electron chi connectivity index (χ4n) is 3.36. The smallest absolute Gasteiger partial charge is 0.308 e. The Balaban J connectivity index is 1.83. The quantitative estimate of drug-likeness (QED) is 0.789. The van der Waals surface area contributed by atoms with Gasteiger partial charge in [-0.1, -0.05) is 19.1 Å². The Morgan fingerprint density at radius 1 is 1.37 bits per heavy atom. The van der Waals surface area contributed by atoms with E-state index in [2.05, 4.69) is 0 Å². The van der Waals surface area contributed by atoms with Crippen LogP contribution in [-0.4, -0.2) is 59.4 Å². The van der Waals surface area contributed by atoms with Gasteiger partial charge in [-0.25, -0.2) is 4.39 Å². The van der Waals surface area contributed by atoms with Crippen LogP contribution in [-0.2, 0) is 20.8 Å². The lowest BCUT2D eigenvalue weighted by atomic mass is 9.98. The second-order valence-electron chi connectivity index (χ2n) is 7.28. The lowest BCUT2D eigenvalue weighted by Crippen LogP contribution is -2.47. The zero-order valence-electron chi connectivity index (χ0n) is 15.9. The second kappa shape index (κ2) is 9.48. The predicted molar refractivity (Wildman–Crippen MR) is 98.5 cm³/mol. The van der Waals surface area contributed by atoms with E-state index < -0.39 is 11.9 Å². The summed E-state index contributed by atoms with van der Waals surface area (Å²) in [4.78, 5) is 39.0. The highest BCUT2D eigenvalue weighted by Crippen LogP contribution is 2.17. The van der Waals surface area contributed by atoms with E-state index in [4.69, 9.17) is 5.11 Å². The van der Waals surface area contributed by atoms with Gasteiger partial charge in [0, 0.05) is 26.1 Å². The standard InChI is InChI=1S/C20H27FN2O4/c1-14(8-9-15-5-3-7-17(21)11-15)19(25)22(2)13-18(24)23-10-4-6-16(12-23)20(26)27/h3,5,7,11,14,16H,4,6,8-10,12-13H2,1-2H3,(H,26,27). The number of aliphatic carboxylic acids is 1. The number of halogens is 1. The highest BCUT2D eigenvalue weighted by Gasteiger charge is 2.29. The highest BCUT2D eigenvalue weighted by molar-refractivity contribution is 5.86. The van der Waals surface area contributed by atoms with Gasteiger partial charge < -0.3 is 14.9 Å². The van der Waals surface area contributed by atoms with Gasteiger partial charge in [0.05, 0.1) is 12.5 Å². The minimum atomic E-state index is -0.886. The van der Waals surface area contributed by atoms with E-state index in [1.165, 1.54) is 21.9 Å². The molecule has 1 aliphatic rings. The van der Waals surface area contributed by atoms with E-state index in [1.54, 1.807) is 20.0 Å². The number of nitrogens with zero attached hydrogens (tertiary/aromatic N) is 2. The zero-order valence-corrected chi connectivity index (χ0v) is 15.9. The first-order valence-corrected chi connectivity index (χ1v) is 9.28. The molecule has 1 fully saturated rings. The molecule has 0 spiro atoms. The van der Waals surface area contributed by atoms with Crippen LogP contribution in [0.15, 0.2) is 24.3 Å². The number of carboxylic acid groups (broad SMARTS) is 1. The van der Waals surface area contributed by atoms with Crippen LogP contribution in [0.3, 0.4) is 0 Å². The summed E-state index contributed by atoms with van der Waals surface area (Å²) in [5.41, 5.74) is 0.835. The molecule has 2 unspecified atom stereocenters. The Hall–Kier alpha value is -2.44. The third-order valence-corrected chi connectivity index (χ3v) is 5.05. The molecule has 2 rings (SSSR count). The van der Waals surface area contributed by atoms with Crippen LogP contribution in [0.25, 0.3) is 0 Å². The molecule has 27 heavy (non-hydrogen) atoms. The Morgan fingerprint density at radius 2 is 2.11 bits per heavy atom. The molecule has 7 heteroatoms. The van der Waals surface area contributed by atoms with Gasteiger partial charge in [-0.3, -0.25) is 14.4 Å². The number of piperidine rings is 1. The summed E-state index contributed by atoms with van der Waals surface area (Å²) < 4.78 is 13.2. The number of rotatable bonds is 7. The van der Waals surface area contributed by atoms with E-state index in [1.807, 2.05) is 6.07 Å². The third kappa shape index (κ3) is 6.05. The zero-order chi connectivity index (χ0) is 20.0. The molecule has 2 amide bonds. The molecule has 1 heterocycles. The van der Waals surface area contributed by atoms with E-state index in [0.29, 0.717) is 32.2 Å².